The fraction of sp³-hybridized carbons (Fsp3) is 0.391. The molecule has 0 bridgehead atoms. The van der Waals surface area contributed by atoms with Crippen molar-refractivity contribution >= 4 is 11.6 Å². The lowest BCUT2D eigenvalue weighted by Crippen LogP contribution is -2.25. The zero-order valence-electron chi connectivity index (χ0n) is 15.4. The van der Waals surface area contributed by atoms with Crippen molar-refractivity contribution in [3.63, 3.8) is 0 Å². The van der Waals surface area contributed by atoms with Crippen molar-refractivity contribution in [3.05, 3.63) is 69.3 Å². The number of rotatable bonds is 6. The minimum Gasteiger partial charge on any atom is -0.289 e. The van der Waals surface area contributed by atoms with Crippen LogP contribution in [-0.2, 0) is 19.3 Å². The quantitative estimate of drug-likeness (QED) is 0.611. The lowest BCUT2D eigenvalue weighted by atomic mass is 9.76. The van der Waals surface area contributed by atoms with Gasteiger partial charge >= 0.3 is 0 Å². The molecule has 0 unspecified atom stereocenters. The highest BCUT2D eigenvalue weighted by Gasteiger charge is 2.34. The van der Waals surface area contributed by atoms with E-state index in [0.29, 0.717) is 22.3 Å². The monoisotopic (exact) mass is 334 g/mol. The van der Waals surface area contributed by atoms with E-state index in [-0.39, 0.29) is 11.6 Å². The number of aryl methyl sites for hydroxylation is 2. The summed E-state index contributed by atoms with van der Waals surface area (Å²) in [6, 6.07) is 9.47. The fourth-order valence-corrected chi connectivity index (χ4v) is 3.99. The molecular weight excluding hydrogens is 308 g/mol. The molecule has 0 aromatic heterocycles. The molecule has 130 valence electrons. The fourth-order valence-electron chi connectivity index (χ4n) is 3.99. The molecule has 2 nitrogen and oxygen atoms in total. The van der Waals surface area contributed by atoms with Crippen LogP contribution >= 0.6 is 0 Å². The average molecular weight is 334 g/mol. The molecule has 0 N–H and O–H groups in total. The van der Waals surface area contributed by atoms with Gasteiger partial charge in [0, 0.05) is 22.3 Å². The van der Waals surface area contributed by atoms with Crippen LogP contribution in [0.4, 0.5) is 0 Å². The van der Waals surface area contributed by atoms with Gasteiger partial charge in [-0.15, -0.1) is 0 Å². The minimum absolute atomic E-state index is 0.0223. The molecule has 2 aromatic rings. The summed E-state index contributed by atoms with van der Waals surface area (Å²) >= 11 is 0. The van der Waals surface area contributed by atoms with Gasteiger partial charge in [-0.05, 0) is 36.0 Å². The van der Waals surface area contributed by atoms with E-state index in [1.807, 2.05) is 12.1 Å². The average Bonchev–Trinajstić information content (AvgIpc) is 2.62. The van der Waals surface area contributed by atoms with Crippen LogP contribution < -0.4 is 0 Å². The Morgan fingerprint density at radius 2 is 1.20 bits per heavy atom. The molecule has 2 aromatic carbocycles. The number of hydrogen-bond donors (Lipinski definition) is 0. The van der Waals surface area contributed by atoms with Crippen LogP contribution in [-0.4, -0.2) is 11.6 Å². The second-order valence-corrected chi connectivity index (χ2v) is 6.88. The number of fused-ring (bicyclic) bond motifs is 2. The Morgan fingerprint density at radius 1 is 0.680 bits per heavy atom. The van der Waals surface area contributed by atoms with Crippen LogP contribution in [0.15, 0.2) is 30.3 Å². The SMILES string of the molecule is CCCc1cc(CCC)c2c(c1CCC)C(=O)c1ccccc1C2=O. The maximum atomic E-state index is 13.3. The lowest BCUT2D eigenvalue weighted by Gasteiger charge is -2.25. The van der Waals surface area contributed by atoms with Crippen LogP contribution in [0.5, 0.6) is 0 Å². The smallest absolute Gasteiger partial charge is 0.194 e. The van der Waals surface area contributed by atoms with Crippen molar-refractivity contribution in [1.82, 2.24) is 0 Å². The molecule has 0 aliphatic heterocycles. The number of carbonyl (C=O) groups is 2. The highest BCUT2D eigenvalue weighted by molar-refractivity contribution is 6.29. The lowest BCUT2D eigenvalue weighted by molar-refractivity contribution is 0.0977. The molecular formula is C23H26O2. The van der Waals surface area contributed by atoms with Gasteiger partial charge in [0.1, 0.15) is 0 Å². The molecule has 0 saturated heterocycles. The van der Waals surface area contributed by atoms with Gasteiger partial charge < -0.3 is 0 Å². The largest absolute Gasteiger partial charge is 0.289 e. The molecule has 0 amide bonds. The van der Waals surface area contributed by atoms with Gasteiger partial charge in [-0.3, -0.25) is 9.59 Å². The Hall–Kier alpha value is -2.22. The predicted molar refractivity (Wildman–Crippen MR) is 102 cm³/mol. The van der Waals surface area contributed by atoms with Crippen LogP contribution in [0, 0.1) is 0 Å². The second kappa shape index (κ2) is 7.35. The third kappa shape index (κ3) is 2.95. The Bertz CT molecular complexity index is 830. The summed E-state index contributed by atoms with van der Waals surface area (Å²) in [7, 11) is 0. The third-order valence-electron chi connectivity index (χ3n) is 5.02. The molecule has 25 heavy (non-hydrogen) atoms. The number of ketones is 2. The van der Waals surface area contributed by atoms with E-state index >= 15 is 0 Å². The highest BCUT2D eigenvalue weighted by Crippen LogP contribution is 2.35. The van der Waals surface area contributed by atoms with Gasteiger partial charge in [-0.1, -0.05) is 70.4 Å². The Balaban J connectivity index is 2.33. The maximum Gasteiger partial charge on any atom is 0.194 e. The summed E-state index contributed by atoms with van der Waals surface area (Å²) in [6.07, 6.45) is 5.63. The van der Waals surface area contributed by atoms with Crippen LogP contribution in [0.3, 0.4) is 0 Å². The van der Waals surface area contributed by atoms with Gasteiger partial charge in [-0.25, -0.2) is 0 Å². The van der Waals surface area contributed by atoms with E-state index in [1.54, 1.807) is 12.1 Å². The molecule has 0 heterocycles. The second-order valence-electron chi connectivity index (χ2n) is 6.88. The van der Waals surface area contributed by atoms with E-state index in [1.165, 1.54) is 5.56 Å². The van der Waals surface area contributed by atoms with Crippen molar-refractivity contribution in [2.24, 2.45) is 0 Å². The molecule has 1 aliphatic rings. The van der Waals surface area contributed by atoms with E-state index in [4.69, 9.17) is 0 Å². The standard InChI is InChI=1S/C23H26O2/c1-4-9-15-14-16(10-5-2)20-21(17(15)11-6-3)23(25)19-13-8-7-12-18(19)22(20)24/h7-8,12-14H,4-6,9-11H2,1-3H3. The molecule has 0 spiro atoms. The van der Waals surface area contributed by atoms with Gasteiger partial charge in [-0.2, -0.15) is 0 Å². The summed E-state index contributed by atoms with van der Waals surface area (Å²) in [5.41, 5.74) is 5.90. The van der Waals surface area contributed by atoms with E-state index in [0.717, 1.165) is 49.7 Å². The summed E-state index contributed by atoms with van der Waals surface area (Å²) in [6.45, 7) is 6.41. The zero-order valence-corrected chi connectivity index (χ0v) is 15.4. The number of benzene rings is 2. The summed E-state index contributed by atoms with van der Waals surface area (Å²) in [5, 5.41) is 0. The minimum atomic E-state index is 0.0223. The Kier molecular flexibility index (Phi) is 5.17. The Labute approximate surface area is 150 Å². The molecule has 2 heteroatoms. The molecule has 0 saturated carbocycles. The topological polar surface area (TPSA) is 34.1 Å². The molecule has 0 atom stereocenters. The molecule has 0 radical (unpaired) electrons. The van der Waals surface area contributed by atoms with Crippen molar-refractivity contribution < 1.29 is 9.59 Å². The maximum absolute atomic E-state index is 13.3. The van der Waals surface area contributed by atoms with E-state index in [9.17, 15) is 9.59 Å². The first-order valence-electron chi connectivity index (χ1n) is 9.49. The van der Waals surface area contributed by atoms with Crippen molar-refractivity contribution in [2.45, 2.75) is 59.3 Å². The summed E-state index contributed by atoms with van der Waals surface area (Å²) < 4.78 is 0. The van der Waals surface area contributed by atoms with Crippen molar-refractivity contribution in [3.8, 4) is 0 Å². The van der Waals surface area contributed by atoms with Gasteiger partial charge in [0.2, 0.25) is 0 Å². The highest BCUT2D eigenvalue weighted by atomic mass is 16.1. The van der Waals surface area contributed by atoms with Gasteiger partial charge in [0.15, 0.2) is 11.6 Å². The van der Waals surface area contributed by atoms with Gasteiger partial charge in [0.05, 0.1) is 0 Å². The normalized spacial score (nSPS) is 12.9. The number of hydrogen-bond acceptors (Lipinski definition) is 2. The Morgan fingerprint density at radius 3 is 1.76 bits per heavy atom. The van der Waals surface area contributed by atoms with Crippen LogP contribution in [0.25, 0.3) is 0 Å². The summed E-state index contributed by atoms with van der Waals surface area (Å²) in [4.78, 5) is 26.5. The number of carbonyl (C=O) groups excluding carboxylic acids is 2. The van der Waals surface area contributed by atoms with Crippen molar-refractivity contribution in [2.75, 3.05) is 0 Å². The molecule has 3 rings (SSSR count). The van der Waals surface area contributed by atoms with Crippen molar-refractivity contribution in [1.29, 1.82) is 0 Å². The van der Waals surface area contributed by atoms with E-state index < -0.39 is 0 Å². The third-order valence-corrected chi connectivity index (χ3v) is 5.02. The van der Waals surface area contributed by atoms with Crippen LogP contribution in [0.2, 0.25) is 0 Å². The van der Waals surface area contributed by atoms with E-state index in [2.05, 4.69) is 26.8 Å². The van der Waals surface area contributed by atoms with Crippen LogP contribution in [0.1, 0.15) is 88.6 Å². The summed E-state index contributed by atoms with van der Waals surface area (Å²) in [5.74, 6) is 0.0537. The molecule has 0 fully saturated rings. The zero-order chi connectivity index (χ0) is 18.0. The first-order chi connectivity index (χ1) is 12.1. The molecule has 1 aliphatic carbocycles. The first-order valence-corrected chi connectivity index (χ1v) is 9.49. The predicted octanol–water partition coefficient (Wildman–Crippen LogP) is 5.32. The van der Waals surface area contributed by atoms with Gasteiger partial charge in [0.25, 0.3) is 0 Å². The first kappa shape index (κ1) is 17.6.